The van der Waals surface area contributed by atoms with Gasteiger partial charge in [0.25, 0.3) is 0 Å². The molecular weight excluding hydrogens is 674 g/mol. The molecule has 1 heterocycles. The monoisotopic (exact) mass is 709 g/mol. The van der Waals surface area contributed by atoms with E-state index in [0.717, 1.165) is 22.6 Å². The first-order chi connectivity index (χ1) is 25.6. The summed E-state index contributed by atoms with van der Waals surface area (Å²) in [7, 11) is 0. The molecule has 6 unspecified atom stereocenters. The van der Waals surface area contributed by atoms with Crippen LogP contribution in [0.3, 0.4) is 0 Å². The van der Waals surface area contributed by atoms with Gasteiger partial charge in [-0.1, -0.05) is 78.4 Å². The molecular formula is C43H35NO9. The van der Waals surface area contributed by atoms with Gasteiger partial charge in [0.05, 0.1) is 29.5 Å². The zero-order valence-corrected chi connectivity index (χ0v) is 28.6. The molecule has 0 radical (unpaired) electrons. The summed E-state index contributed by atoms with van der Waals surface area (Å²) >= 11 is 0. The highest BCUT2D eigenvalue weighted by molar-refractivity contribution is 6.32. The number of imide groups is 1. The van der Waals surface area contributed by atoms with E-state index in [1.165, 1.54) is 18.2 Å². The van der Waals surface area contributed by atoms with Crippen LogP contribution >= 0.6 is 0 Å². The van der Waals surface area contributed by atoms with Crippen molar-refractivity contribution in [1.29, 1.82) is 0 Å². The number of hydrogen-bond donors (Lipinski definition) is 3. The summed E-state index contributed by atoms with van der Waals surface area (Å²) in [4.78, 5) is 71.5. The number of nitrogens with zero attached hydrogens (tertiary/aromatic N) is 1. The number of fused-ring (bicyclic) bond motifs is 4. The molecule has 266 valence electrons. The third-order valence-corrected chi connectivity index (χ3v) is 11.5. The van der Waals surface area contributed by atoms with Gasteiger partial charge in [0, 0.05) is 23.5 Å². The lowest BCUT2D eigenvalue weighted by molar-refractivity contribution is -0.135. The Labute approximate surface area is 304 Å². The second kappa shape index (κ2) is 12.7. The third-order valence-electron chi connectivity index (χ3n) is 11.5. The average Bonchev–Trinajstić information content (AvgIpc) is 3.42. The van der Waals surface area contributed by atoms with Gasteiger partial charge in [-0.25, -0.2) is 9.69 Å². The fourth-order valence-corrected chi connectivity index (χ4v) is 9.33. The summed E-state index contributed by atoms with van der Waals surface area (Å²) in [6, 6.07) is 26.7. The van der Waals surface area contributed by atoms with E-state index in [-0.39, 0.29) is 59.3 Å². The highest BCUT2D eigenvalue weighted by Crippen LogP contribution is 2.64. The normalized spacial score (nSPS) is 26.3. The number of aromatic hydroxyl groups is 2. The van der Waals surface area contributed by atoms with Crippen LogP contribution in [0.5, 0.6) is 17.2 Å². The highest BCUT2D eigenvalue weighted by atomic mass is 16.5. The lowest BCUT2D eigenvalue weighted by Crippen LogP contribution is -2.58. The summed E-state index contributed by atoms with van der Waals surface area (Å²) in [5, 5.41) is 30.7. The minimum Gasteiger partial charge on any atom is -0.507 e. The van der Waals surface area contributed by atoms with Crippen LogP contribution in [-0.2, 0) is 24.6 Å². The Balaban J connectivity index is 1.34. The maximum Gasteiger partial charge on any atom is 0.339 e. The number of ether oxygens (including phenoxy) is 1. The number of anilines is 1. The maximum absolute atomic E-state index is 15.2. The summed E-state index contributed by atoms with van der Waals surface area (Å²) in [5.74, 6) is -7.46. The fourth-order valence-electron chi connectivity index (χ4n) is 9.33. The van der Waals surface area contributed by atoms with E-state index in [1.807, 2.05) is 42.5 Å². The molecule has 1 saturated heterocycles. The van der Waals surface area contributed by atoms with Crippen molar-refractivity contribution in [1.82, 2.24) is 0 Å². The van der Waals surface area contributed by atoms with E-state index in [2.05, 4.69) is 0 Å². The van der Waals surface area contributed by atoms with Gasteiger partial charge < -0.3 is 20.1 Å². The number of carbonyl (C=O) groups excluding carboxylic acids is 4. The van der Waals surface area contributed by atoms with Gasteiger partial charge in [-0.3, -0.25) is 19.2 Å². The topological polar surface area (TPSA) is 159 Å². The summed E-state index contributed by atoms with van der Waals surface area (Å²) in [5.41, 5.74) is 1.07. The number of carbonyl (C=O) groups is 5. The first-order valence-corrected chi connectivity index (χ1v) is 17.6. The number of carboxylic acids is 1. The molecule has 6 atom stereocenters. The second-order valence-electron chi connectivity index (χ2n) is 14.0. The second-order valence-corrected chi connectivity index (χ2v) is 14.0. The van der Waals surface area contributed by atoms with E-state index >= 15 is 9.59 Å². The van der Waals surface area contributed by atoms with Crippen LogP contribution in [0.4, 0.5) is 5.69 Å². The molecule has 1 saturated carbocycles. The van der Waals surface area contributed by atoms with Gasteiger partial charge in [0.1, 0.15) is 11.3 Å². The molecule has 0 bridgehead atoms. The molecule has 53 heavy (non-hydrogen) atoms. The Morgan fingerprint density at radius 3 is 2.25 bits per heavy atom. The van der Waals surface area contributed by atoms with E-state index in [9.17, 15) is 29.7 Å². The Morgan fingerprint density at radius 2 is 1.57 bits per heavy atom. The van der Waals surface area contributed by atoms with Crippen LogP contribution in [0.15, 0.2) is 115 Å². The van der Waals surface area contributed by atoms with Crippen molar-refractivity contribution in [2.45, 2.75) is 31.1 Å². The highest BCUT2D eigenvalue weighted by Gasteiger charge is 2.66. The number of benzene rings is 4. The lowest BCUT2D eigenvalue weighted by Gasteiger charge is -2.55. The first kappa shape index (κ1) is 33.8. The standard InChI is InChI=1S/C43H35NO9/c1-2-53-35-19-24(13-18-33(35)45)38-27-16-17-29-37(41(50)44(40(29)49)26-14-15-28(42(51)52)34(46)20-26)31(27)21-32-39(48)30(23-9-5-3-6-10-23)22-36(47)43(32,38)25-11-7-4-8-12-25/h3-16,18-20,22,29,31-32,37-38,45-46H,2,17,21H2,1H3,(H,51,52). The van der Waals surface area contributed by atoms with E-state index in [0.29, 0.717) is 16.7 Å². The van der Waals surface area contributed by atoms with Gasteiger partial charge in [-0.05, 0) is 72.7 Å². The number of rotatable bonds is 7. The number of phenolic OH excluding ortho intramolecular Hbond substituents is 1. The van der Waals surface area contributed by atoms with Gasteiger partial charge in [0.15, 0.2) is 23.1 Å². The Morgan fingerprint density at radius 1 is 0.849 bits per heavy atom. The summed E-state index contributed by atoms with van der Waals surface area (Å²) < 4.78 is 5.80. The van der Waals surface area contributed by atoms with Crippen molar-refractivity contribution in [3.8, 4) is 17.2 Å². The van der Waals surface area contributed by atoms with Crippen LogP contribution in [0.25, 0.3) is 5.57 Å². The zero-order chi connectivity index (χ0) is 37.2. The van der Waals surface area contributed by atoms with E-state index < -0.39 is 58.5 Å². The van der Waals surface area contributed by atoms with Crippen LogP contribution in [0.2, 0.25) is 0 Å². The third kappa shape index (κ3) is 5.03. The minimum absolute atomic E-state index is 0.0440. The number of phenols is 2. The largest absolute Gasteiger partial charge is 0.507 e. The molecule has 10 nitrogen and oxygen atoms in total. The van der Waals surface area contributed by atoms with Crippen molar-refractivity contribution in [3.63, 3.8) is 0 Å². The minimum atomic E-state index is -1.45. The molecule has 3 aliphatic carbocycles. The molecule has 4 aliphatic rings. The summed E-state index contributed by atoms with van der Waals surface area (Å²) in [6.07, 6.45) is 3.65. The van der Waals surface area contributed by atoms with Crippen molar-refractivity contribution in [2.24, 2.45) is 23.7 Å². The van der Waals surface area contributed by atoms with Crippen molar-refractivity contribution in [2.75, 3.05) is 11.5 Å². The van der Waals surface area contributed by atoms with Gasteiger partial charge in [-0.2, -0.15) is 0 Å². The molecule has 4 aromatic carbocycles. The number of ketones is 2. The van der Waals surface area contributed by atoms with Crippen LogP contribution in [0.1, 0.15) is 52.7 Å². The molecule has 0 aromatic heterocycles. The molecule has 3 N–H and O–H groups in total. The van der Waals surface area contributed by atoms with Crippen molar-refractivity contribution < 1.29 is 44.0 Å². The number of amides is 2. The molecule has 2 fully saturated rings. The van der Waals surface area contributed by atoms with Crippen molar-refractivity contribution >= 4 is 40.6 Å². The zero-order valence-electron chi connectivity index (χ0n) is 28.6. The lowest BCUT2D eigenvalue weighted by atomic mass is 9.44. The Hall–Kier alpha value is -6.29. The molecule has 0 spiro atoms. The average molecular weight is 710 g/mol. The molecule has 1 aliphatic heterocycles. The first-order valence-electron chi connectivity index (χ1n) is 17.6. The van der Waals surface area contributed by atoms with Crippen molar-refractivity contribution in [3.05, 3.63) is 137 Å². The van der Waals surface area contributed by atoms with Crippen LogP contribution in [0, 0.1) is 23.7 Å². The van der Waals surface area contributed by atoms with Gasteiger partial charge in [-0.15, -0.1) is 0 Å². The number of hydrogen-bond acceptors (Lipinski definition) is 8. The predicted octanol–water partition coefficient (Wildman–Crippen LogP) is 6.22. The number of Topliss-reactive ketones (excluding diaryl/α,β-unsaturated/α-hetero) is 1. The molecule has 2 amide bonds. The summed E-state index contributed by atoms with van der Waals surface area (Å²) in [6.45, 7) is 2.05. The van der Waals surface area contributed by atoms with Crippen LogP contribution < -0.4 is 9.64 Å². The number of allylic oxidation sites excluding steroid dienone is 4. The number of aromatic carboxylic acids is 1. The molecule has 10 heteroatoms. The SMILES string of the molecule is CCOc1cc(C2C3=CCC4C(=O)N(c5ccc(C(=O)O)c(O)c5)C(=O)C4C3CC3C(=O)C(c4ccccc4)=CC(=O)C32c2ccccc2)ccc1O. The Bertz CT molecular complexity index is 2280. The van der Waals surface area contributed by atoms with E-state index in [1.54, 1.807) is 43.3 Å². The molecule has 4 aromatic rings. The van der Waals surface area contributed by atoms with Gasteiger partial charge >= 0.3 is 5.97 Å². The van der Waals surface area contributed by atoms with E-state index in [4.69, 9.17) is 4.74 Å². The van der Waals surface area contributed by atoms with Gasteiger partial charge in [0.2, 0.25) is 11.8 Å². The number of carboxylic acid groups (broad SMARTS) is 1. The Kier molecular flexibility index (Phi) is 8.13. The molecule has 8 rings (SSSR count). The fraction of sp³-hybridized carbons (Fsp3) is 0.233. The smallest absolute Gasteiger partial charge is 0.339 e. The predicted molar refractivity (Wildman–Crippen MR) is 193 cm³/mol. The van der Waals surface area contributed by atoms with Crippen LogP contribution in [-0.4, -0.2) is 51.3 Å². The maximum atomic E-state index is 15.2. The quantitative estimate of drug-likeness (QED) is 0.150.